The van der Waals surface area contributed by atoms with E-state index in [1.807, 2.05) is 38.1 Å². The molecule has 0 N–H and O–H groups in total. The molecule has 0 amide bonds. The van der Waals surface area contributed by atoms with Crippen LogP contribution in [-0.4, -0.2) is 32.4 Å². The normalized spacial score (nSPS) is 11.4. The van der Waals surface area contributed by atoms with Crippen molar-refractivity contribution in [1.29, 1.82) is 0 Å². The highest BCUT2D eigenvalue weighted by Crippen LogP contribution is 2.34. The van der Waals surface area contributed by atoms with Gasteiger partial charge in [-0.05, 0) is 85.0 Å². The Labute approximate surface area is 242 Å². The van der Waals surface area contributed by atoms with Crippen LogP contribution in [0.1, 0.15) is 43.4 Å². The van der Waals surface area contributed by atoms with Crippen molar-refractivity contribution in [2.45, 2.75) is 33.6 Å². The second-order valence-corrected chi connectivity index (χ2v) is 9.89. The summed E-state index contributed by atoms with van der Waals surface area (Å²) in [6.07, 6.45) is 2.72. The Kier molecular flexibility index (Phi) is 8.05. The predicted molar refractivity (Wildman–Crippen MR) is 162 cm³/mol. The highest BCUT2D eigenvalue weighted by atomic mass is 16.6. The Hall–Kier alpha value is -5.38. The molecule has 5 rings (SSSR count). The van der Waals surface area contributed by atoms with Crippen LogP contribution in [-0.2, 0) is 0 Å². The number of hydrogen-bond donors (Lipinski definition) is 0. The van der Waals surface area contributed by atoms with E-state index in [-0.39, 0.29) is 23.0 Å². The molecule has 0 aliphatic carbocycles. The summed E-state index contributed by atoms with van der Waals surface area (Å²) in [6.45, 7) is 8.67. The zero-order valence-electron chi connectivity index (χ0n) is 23.6. The summed E-state index contributed by atoms with van der Waals surface area (Å²) in [4.78, 5) is 32.8. The molecule has 0 bridgehead atoms. The first-order valence-corrected chi connectivity index (χ1v) is 13.5. The summed E-state index contributed by atoms with van der Waals surface area (Å²) >= 11 is 0. The highest BCUT2D eigenvalue weighted by Gasteiger charge is 2.18. The van der Waals surface area contributed by atoms with Gasteiger partial charge in [0.2, 0.25) is 5.88 Å². The van der Waals surface area contributed by atoms with E-state index in [2.05, 4.69) is 23.9 Å². The van der Waals surface area contributed by atoms with Gasteiger partial charge in [-0.3, -0.25) is 14.9 Å². The van der Waals surface area contributed by atoms with Crippen molar-refractivity contribution in [3.8, 4) is 28.8 Å². The number of fused-ring (bicyclic) bond motifs is 1. The molecule has 2 aromatic heterocycles. The van der Waals surface area contributed by atoms with Crippen molar-refractivity contribution >= 4 is 22.8 Å². The van der Waals surface area contributed by atoms with Gasteiger partial charge in [0.25, 0.3) is 11.2 Å². The van der Waals surface area contributed by atoms with Crippen molar-refractivity contribution in [1.82, 2.24) is 14.6 Å². The second-order valence-electron chi connectivity index (χ2n) is 9.89. The number of para-hydroxylation sites is 1. The van der Waals surface area contributed by atoms with Gasteiger partial charge in [-0.2, -0.15) is 9.78 Å². The maximum absolute atomic E-state index is 13.7. The Bertz CT molecular complexity index is 1850. The van der Waals surface area contributed by atoms with Gasteiger partial charge in [0.15, 0.2) is 5.82 Å². The highest BCUT2D eigenvalue weighted by molar-refractivity contribution is 5.82. The van der Waals surface area contributed by atoms with Gasteiger partial charge in [0.05, 0.1) is 28.6 Å². The largest absolute Gasteiger partial charge is 0.494 e. The van der Waals surface area contributed by atoms with Crippen molar-refractivity contribution in [3.63, 3.8) is 0 Å². The molecule has 0 radical (unpaired) electrons. The lowest BCUT2D eigenvalue weighted by Gasteiger charge is -2.18. The number of pyridine rings is 1. The first-order valence-electron chi connectivity index (χ1n) is 13.5. The van der Waals surface area contributed by atoms with Crippen LogP contribution in [0.2, 0.25) is 0 Å². The van der Waals surface area contributed by atoms with Crippen molar-refractivity contribution in [2.24, 2.45) is 5.10 Å². The van der Waals surface area contributed by atoms with E-state index in [9.17, 15) is 14.9 Å². The monoisotopic (exact) mass is 563 g/mol. The van der Waals surface area contributed by atoms with E-state index >= 15 is 0 Å². The van der Waals surface area contributed by atoms with Gasteiger partial charge in [-0.25, -0.2) is 9.97 Å². The zero-order valence-corrected chi connectivity index (χ0v) is 23.6. The van der Waals surface area contributed by atoms with Crippen molar-refractivity contribution < 1.29 is 14.4 Å². The molecule has 0 atom stereocenters. The quantitative estimate of drug-likeness (QED) is 0.109. The van der Waals surface area contributed by atoms with Crippen molar-refractivity contribution in [2.75, 3.05) is 6.61 Å². The van der Waals surface area contributed by atoms with E-state index in [0.717, 1.165) is 34.2 Å². The van der Waals surface area contributed by atoms with E-state index in [4.69, 9.17) is 14.5 Å². The number of hydrogen-bond acceptors (Lipinski definition) is 8. The number of nitro groups is 1. The number of aromatic nitrogens is 3. The molecule has 0 aliphatic heterocycles. The van der Waals surface area contributed by atoms with Gasteiger partial charge >= 0.3 is 0 Å². The lowest BCUT2D eigenvalue weighted by molar-refractivity contribution is -0.385. The Morgan fingerprint density at radius 3 is 2.50 bits per heavy atom. The summed E-state index contributed by atoms with van der Waals surface area (Å²) in [6, 6.07) is 21.0. The molecule has 5 aromatic rings. The lowest BCUT2D eigenvalue weighted by Crippen LogP contribution is -2.20. The smallest absolute Gasteiger partial charge is 0.287 e. The number of rotatable bonds is 9. The first-order chi connectivity index (χ1) is 20.2. The minimum absolute atomic E-state index is 0.118. The molecule has 0 unspecified atom stereocenters. The van der Waals surface area contributed by atoms with Crippen LogP contribution in [0.15, 0.2) is 88.9 Å². The summed E-state index contributed by atoms with van der Waals surface area (Å²) < 4.78 is 12.9. The topological polar surface area (TPSA) is 122 Å². The molecule has 42 heavy (non-hydrogen) atoms. The summed E-state index contributed by atoms with van der Waals surface area (Å²) in [7, 11) is 0. The fourth-order valence-electron chi connectivity index (χ4n) is 4.48. The Balaban J connectivity index is 1.52. The predicted octanol–water partition coefficient (Wildman–Crippen LogP) is 6.87. The van der Waals surface area contributed by atoms with Gasteiger partial charge in [-0.1, -0.05) is 26.0 Å². The molecule has 2 heterocycles. The third-order valence-electron chi connectivity index (χ3n) is 6.63. The van der Waals surface area contributed by atoms with Crippen molar-refractivity contribution in [3.05, 3.63) is 116 Å². The fourth-order valence-corrected chi connectivity index (χ4v) is 4.48. The van der Waals surface area contributed by atoms with Crippen LogP contribution in [0.3, 0.4) is 0 Å². The molecule has 3 aromatic carbocycles. The van der Waals surface area contributed by atoms with Crippen LogP contribution >= 0.6 is 0 Å². The molecule has 10 heteroatoms. The molecule has 0 saturated heterocycles. The summed E-state index contributed by atoms with van der Waals surface area (Å²) in [5, 5.41) is 15.9. The minimum atomic E-state index is -0.521. The molecule has 212 valence electrons. The fraction of sp³-hybridized carbons (Fsp3) is 0.188. The average molecular weight is 564 g/mol. The zero-order chi connectivity index (χ0) is 29.8. The van der Waals surface area contributed by atoms with Crippen LogP contribution in [0.4, 0.5) is 5.69 Å². The molecule has 0 fully saturated rings. The number of benzene rings is 3. The van der Waals surface area contributed by atoms with Gasteiger partial charge in [0, 0.05) is 17.7 Å². The second kappa shape index (κ2) is 12.0. The van der Waals surface area contributed by atoms with Crippen LogP contribution < -0.4 is 15.0 Å². The van der Waals surface area contributed by atoms with E-state index in [1.165, 1.54) is 16.8 Å². The number of nitrogens with zero attached hydrogens (tertiary/aromatic N) is 5. The van der Waals surface area contributed by atoms with E-state index < -0.39 is 4.92 Å². The Morgan fingerprint density at radius 1 is 1.07 bits per heavy atom. The van der Waals surface area contributed by atoms with Gasteiger partial charge < -0.3 is 9.47 Å². The van der Waals surface area contributed by atoms with Crippen LogP contribution in [0, 0.1) is 17.0 Å². The molecular weight excluding hydrogens is 534 g/mol. The number of ether oxygens (including phenoxy) is 2. The first kappa shape index (κ1) is 28.2. The SMILES string of the molecule is CCOc1cc(C)c(-c2nc3ccccc3c(=O)n2N=Cc2ccc(Oc3ccc([N+](=O)[O-])cn3)cc2)cc1C(C)C. The van der Waals surface area contributed by atoms with Crippen LogP contribution in [0.5, 0.6) is 17.4 Å². The van der Waals surface area contributed by atoms with E-state index in [0.29, 0.717) is 29.1 Å². The third kappa shape index (κ3) is 5.87. The summed E-state index contributed by atoms with van der Waals surface area (Å²) in [5.41, 5.74) is 3.63. The number of aryl methyl sites for hydroxylation is 1. The molecule has 0 saturated carbocycles. The lowest BCUT2D eigenvalue weighted by atomic mass is 9.96. The van der Waals surface area contributed by atoms with Crippen LogP contribution in [0.25, 0.3) is 22.3 Å². The van der Waals surface area contributed by atoms with E-state index in [1.54, 1.807) is 42.6 Å². The molecule has 10 nitrogen and oxygen atoms in total. The maximum atomic E-state index is 13.7. The summed E-state index contributed by atoms with van der Waals surface area (Å²) in [5.74, 6) is 2.16. The third-order valence-corrected chi connectivity index (χ3v) is 6.63. The molecular formula is C32H29N5O5. The standard InChI is InChI=1S/C32H29N5O5/c1-5-41-29-16-21(4)27(17-26(29)20(2)3)31-35-28-9-7-6-8-25(28)32(38)36(31)34-18-22-10-13-24(14-11-22)42-30-15-12-23(19-33-30)37(39)40/h6-20H,5H2,1-4H3. The molecule has 0 spiro atoms. The molecule has 0 aliphatic rings. The maximum Gasteiger partial charge on any atom is 0.287 e. The van der Waals surface area contributed by atoms with Gasteiger partial charge in [-0.15, -0.1) is 0 Å². The average Bonchev–Trinajstić information content (AvgIpc) is 2.98. The minimum Gasteiger partial charge on any atom is -0.494 e. The Morgan fingerprint density at radius 2 is 1.83 bits per heavy atom. The van der Waals surface area contributed by atoms with Gasteiger partial charge in [0.1, 0.15) is 17.7 Å².